The van der Waals surface area contributed by atoms with Gasteiger partial charge in [-0.3, -0.25) is 9.59 Å². The average molecular weight is 523 g/mol. The Balaban J connectivity index is 1.44. The van der Waals surface area contributed by atoms with Gasteiger partial charge in [-0.05, 0) is 31.5 Å². The molecule has 2 amide bonds. The second-order valence-electron chi connectivity index (χ2n) is 7.57. The molecular weight excluding hydrogens is 502 g/mol. The van der Waals surface area contributed by atoms with Crippen molar-refractivity contribution >= 4 is 61.1 Å². The number of halogens is 2. The van der Waals surface area contributed by atoms with Crippen LogP contribution in [0.15, 0.2) is 27.6 Å². The van der Waals surface area contributed by atoms with Crippen molar-refractivity contribution in [1.82, 2.24) is 14.1 Å². The summed E-state index contributed by atoms with van der Waals surface area (Å²) in [6, 6.07) is 4.22. The van der Waals surface area contributed by atoms with Gasteiger partial charge < -0.3 is 9.80 Å². The number of hydrogen-bond acceptors (Lipinski definition) is 5. The van der Waals surface area contributed by atoms with Crippen LogP contribution in [0.25, 0.3) is 0 Å². The predicted octanol–water partition coefficient (Wildman–Crippen LogP) is 2.39. The number of piperazine rings is 1. The maximum absolute atomic E-state index is 13.1. The van der Waals surface area contributed by atoms with Gasteiger partial charge in [-0.25, -0.2) is 8.42 Å². The number of benzene rings is 1. The van der Waals surface area contributed by atoms with Gasteiger partial charge >= 0.3 is 0 Å². The molecule has 0 N–H and O–H groups in total. The third-order valence-corrected chi connectivity index (χ3v) is 10.2. The first-order chi connectivity index (χ1) is 13.6. The molecule has 3 saturated heterocycles. The third kappa shape index (κ3) is 3.71. The van der Waals surface area contributed by atoms with E-state index in [2.05, 4.69) is 15.9 Å². The van der Waals surface area contributed by atoms with E-state index in [1.807, 2.05) is 6.92 Å². The highest BCUT2D eigenvalue weighted by molar-refractivity contribution is 9.10. The lowest BCUT2D eigenvalue weighted by Gasteiger charge is -2.37. The summed E-state index contributed by atoms with van der Waals surface area (Å²) in [4.78, 5) is 28.6. The van der Waals surface area contributed by atoms with E-state index in [4.69, 9.17) is 11.6 Å². The molecule has 3 fully saturated rings. The van der Waals surface area contributed by atoms with E-state index < -0.39 is 16.1 Å². The summed E-state index contributed by atoms with van der Waals surface area (Å²) >= 11 is 11.1. The largest absolute Gasteiger partial charge is 0.338 e. The molecule has 4 rings (SSSR count). The van der Waals surface area contributed by atoms with Gasteiger partial charge in [0.25, 0.3) is 0 Å². The number of sulfonamides is 1. The number of thioether (sulfide) groups is 1. The Morgan fingerprint density at radius 3 is 2.62 bits per heavy atom. The van der Waals surface area contributed by atoms with Crippen molar-refractivity contribution < 1.29 is 18.0 Å². The average Bonchev–Trinajstić information content (AvgIpc) is 3.17. The number of fused-ring (bicyclic) bond motifs is 1. The van der Waals surface area contributed by atoms with E-state index in [1.54, 1.807) is 33.7 Å². The monoisotopic (exact) mass is 521 g/mol. The number of carbonyl (C=O) groups excluding carboxylic acids is 2. The zero-order chi connectivity index (χ0) is 21.0. The molecule has 3 aliphatic rings. The van der Waals surface area contributed by atoms with E-state index in [0.717, 1.165) is 6.42 Å². The van der Waals surface area contributed by atoms with E-state index >= 15 is 0 Å². The van der Waals surface area contributed by atoms with Crippen molar-refractivity contribution in [2.75, 3.05) is 31.9 Å². The van der Waals surface area contributed by atoms with Crippen LogP contribution in [0.2, 0.25) is 5.02 Å². The van der Waals surface area contributed by atoms with Crippen LogP contribution in [-0.2, 0) is 19.6 Å². The lowest BCUT2D eigenvalue weighted by atomic mass is 10.2. The number of nitrogens with zero attached hydrogens (tertiary/aromatic N) is 3. The van der Waals surface area contributed by atoms with Gasteiger partial charge in [-0.1, -0.05) is 27.5 Å². The maximum Gasteiger partial charge on any atom is 0.246 e. The van der Waals surface area contributed by atoms with Crippen LogP contribution in [0.3, 0.4) is 0 Å². The van der Waals surface area contributed by atoms with Crippen molar-refractivity contribution in [2.45, 2.75) is 35.6 Å². The molecule has 158 valence electrons. The Kier molecular flexibility index (Phi) is 5.69. The molecular formula is C18H21BrClN3O4S2. The summed E-state index contributed by atoms with van der Waals surface area (Å²) in [5.74, 6) is 0.533. The molecule has 0 radical (unpaired) electrons. The van der Waals surface area contributed by atoms with E-state index in [1.165, 1.54) is 10.4 Å². The Hall–Kier alpha value is -0.810. The standard InChI is InChI=1S/C18H21BrClN3O4S2/c1-18-5-4-16(24)23(18)14(11-28-18)17(25)21-6-8-22(9-7-21)29(26,27)15-3-2-12(19)10-13(15)20/h2-3,10,14H,4-9,11H2,1H3/t14-,18+/m1/s1. The van der Waals surface area contributed by atoms with Gasteiger partial charge in [0.15, 0.2) is 0 Å². The van der Waals surface area contributed by atoms with Crippen LogP contribution < -0.4 is 0 Å². The van der Waals surface area contributed by atoms with E-state index in [0.29, 0.717) is 29.7 Å². The number of carbonyl (C=O) groups is 2. The Labute approximate surface area is 187 Å². The molecule has 0 spiro atoms. The van der Waals surface area contributed by atoms with Gasteiger partial charge in [0.2, 0.25) is 21.8 Å². The molecule has 0 bridgehead atoms. The smallest absolute Gasteiger partial charge is 0.246 e. The summed E-state index contributed by atoms with van der Waals surface area (Å²) < 4.78 is 28.0. The number of rotatable bonds is 3. The zero-order valence-corrected chi connectivity index (χ0v) is 19.8. The molecule has 11 heteroatoms. The van der Waals surface area contributed by atoms with Crippen LogP contribution in [0.4, 0.5) is 0 Å². The van der Waals surface area contributed by atoms with Gasteiger partial charge in [-0.2, -0.15) is 4.31 Å². The highest BCUT2D eigenvalue weighted by atomic mass is 79.9. The number of hydrogen-bond donors (Lipinski definition) is 0. The molecule has 0 aromatic heterocycles. The highest BCUT2D eigenvalue weighted by Crippen LogP contribution is 2.47. The van der Waals surface area contributed by atoms with Crippen LogP contribution in [0.1, 0.15) is 19.8 Å². The molecule has 3 aliphatic heterocycles. The van der Waals surface area contributed by atoms with Crippen molar-refractivity contribution in [3.05, 3.63) is 27.7 Å². The van der Waals surface area contributed by atoms with Crippen molar-refractivity contribution in [3.63, 3.8) is 0 Å². The summed E-state index contributed by atoms with van der Waals surface area (Å²) in [5, 5.41) is 0.160. The normalized spacial score (nSPS) is 28.1. The highest BCUT2D eigenvalue weighted by Gasteiger charge is 2.53. The van der Waals surface area contributed by atoms with E-state index in [-0.39, 0.29) is 39.7 Å². The van der Waals surface area contributed by atoms with Crippen LogP contribution in [0, 0.1) is 0 Å². The maximum atomic E-state index is 13.1. The van der Waals surface area contributed by atoms with Gasteiger partial charge in [0.05, 0.1) is 9.89 Å². The summed E-state index contributed by atoms with van der Waals surface area (Å²) in [6.45, 7) is 3.01. The van der Waals surface area contributed by atoms with Crippen molar-refractivity contribution in [2.24, 2.45) is 0 Å². The summed E-state index contributed by atoms with van der Waals surface area (Å²) in [6.07, 6.45) is 1.24. The van der Waals surface area contributed by atoms with Crippen LogP contribution in [0.5, 0.6) is 0 Å². The second kappa shape index (κ2) is 7.71. The molecule has 29 heavy (non-hydrogen) atoms. The minimum Gasteiger partial charge on any atom is -0.338 e. The molecule has 7 nitrogen and oxygen atoms in total. The lowest BCUT2D eigenvalue weighted by Crippen LogP contribution is -2.56. The van der Waals surface area contributed by atoms with Crippen molar-refractivity contribution in [1.29, 1.82) is 0 Å². The van der Waals surface area contributed by atoms with Gasteiger partial charge in [-0.15, -0.1) is 11.8 Å². The Morgan fingerprint density at radius 2 is 1.97 bits per heavy atom. The first kappa shape index (κ1) is 21.4. The van der Waals surface area contributed by atoms with Gasteiger partial charge in [0.1, 0.15) is 10.9 Å². The molecule has 1 aromatic rings. The molecule has 1 aromatic carbocycles. The first-order valence-corrected chi connectivity index (χ1v) is 12.9. The van der Waals surface area contributed by atoms with Crippen LogP contribution in [-0.4, -0.2) is 77.2 Å². The SMILES string of the molecule is C[C@]12CCC(=O)N1[C@@H](C(=O)N1CCN(S(=O)(=O)c3ccc(Br)cc3Cl)CC1)CS2. The fraction of sp³-hybridized carbons (Fsp3) is 0.556. The summed E-state index contributed by atoms with van der Waals surface area (Å²) in [7, 11) is -3.74. The molecule has 0 aliphatic carbocycles. The molecule has 3 heterocycles. The minimum absolute atomic E-state index is 0.0296. The second-order valence-corrected chi connectivity index (χ2v) is 12.3. The molecule has 0 unspecified atom stereocenters. The molecule has 2 atom stereocenters. The van der Waals surface area contributed by atoms with E-state index in [9.17, 15) is 18.0 Å². The summed E-state index contributed by atoms with van der Waals surface area (Å²) in [5.41, 5.74) is 0. The topological polar surface area (TPSA) is 78.0 Å². The lowest BCUT2D eigenvalue weighted by molar-refractivity contribution is -0.144. The minimum atomic E-state index is -3.74. The Morgan fingerprint density at radius 1 is 1.28 bits per heavy atom. The number of amides is 2. The fourth-order valence-electron chi connectivity index (χ4n) is 4.19. The quantitative estimate of drug-likeness (QED) is 0.609. The van der Waals surface area contributed by atoms with Gasteiger partial charge in [0, 0.05) is 42.8 Å². The van der Waals surface area contributed by atoms with Crippen molar-refractivity contribution in [3.8, 4) is 0 Å². The first-order valence-electron chi connectivity index (χ1n) is 9.34. The predicted molar refractivity (Wildman–Crippen MR) is 115 cm³/mol. The van der Waals surface area contributed by atoms with Crippen LogP contribution >= 0.6 is 39.3 Å². The molecule has 0 saturated carbocycles. The Bertz CT molecular complexity index is 968. The third-order valence-electron chi connectivity index (χ3n) is 5.79. The zero-order valence-electron chi connectivity index (χ0n) is 15.8. The fourth-order valence-corrected chi connectivity index (χ4v) is 8.04.